The van der Waals surface area contributed by atoms with E-state index in [1.54, 1.807) is 6.07 Å². The van der Waals surface area contributed by atoms with Gasteiger partial charge in [0.15, 0.2) is 11.6 Å². The summed E-state index contributed by atoms with van der Waals surface area (Å²) in [4.78, 5) is 3.68. The Balaban J connectivity index is 2.06. The SMILES string of the molecule is NCc1ccc(OCc2cncc(F)c2)c(F)c1. The lowest BCUT2D eigenvalue weighted by Gasteiger charge is -2.08. The van der Waals surface area contributed by atoms with Crippen LogP contribution >= 0.6 is 0 Å². The molecule has 0 amide bonds. The van der Waals surface area contributed by atoms with Crippen LogP contribution in [0.25, 0.3) is 0 Å². The van der Waals surface area contributed by atoms with E-state index in [0.29, 0.717) is 11.1 Å². The van der Waals surface area contributed by atoms with Crippen molar-refractivity contribution < 1.29 is 13.5 Å². The number of nitrogens with two attached hydrogens (primary N) is 1. The molecule has 1 heterocycles. The van der Waals surface area contributed by atoms with Crippen molar-refractivity contribution in [3.8, 4) is 5.75 Å². The molecule has 1 aromatic heterocycles. The average Bonchev–Trinajstić information content (AvgIpc) is 2.37. The topological polar surface area (TPSA) is 48.1 Å². The second kappa shape index (κ2) is 5.55. The van der Waals surface area contributed by atoms with E-state index < -0.39 is 11.6 Å². The average molecular weight is 250 g/mol. The summed E-state index contributed by atoms with van der Waals surface area (Å²) in [5, 5.41) is 0. The van der Waals surface area contributed by atoms with E-state index >= 15 is 0 Å². The number of benzene rings is 1. The number of halogens is 2. The molecule has 0 radical (unpaired) electrons. The fraction of sp³-hybridized carbons (Fsp3) is 0.154. The minimum absolute atomic E-state index is 0.0592. The fourth-order valence-corrected chi connectivity index (χ4v) is 1.48. The van der Waals surface area contributed by atoms with Gasteiger partial charge in [-0.15, -0.1) is 0 Å². The van der Waals surface area contributed by atoms with Crippen molar-refractivity contribution in [2.45, 2.75) is 13.2 Å². The van der Waals surface area contributed by atoms with E-state index in [4.69, 9.17) is 10.5 Å². The molecular weight excluding hydrogens is 238 g/mol. The lowest BCUT2D eigenvalue weighted by molar-refractivity contribution is 0.289. The Morgan fingerprint density at radius 2 is 1.94 bits per heavy atom. The summed E-state index contributed by atoms with van der Waals surface area (Å²) >= 11 is 0. The number of hydrogen-bond acceptors (Lipinski definition) is 3. The quantitative estimate of drug-likeness (QED) is 0.906. The number of aromatic nitrogens is 1. The van der Waals surface area contributed by atoms with Crippen LogP contribution in [0.2, 0.25) is 0 Å². The van der Waals surface area contributed by atoms with Crippen LogP contribution in [0, 0.1) is 11.6 Å². The molecule has 94 valence electrons. The lowest BCUT2D eigenvalue weighted by Crippen LogP contribution is -2.01. The highest BCUT2D eigenvalue weighted by Gasteiger charge is 2.05. The highest BCUT2D eigenvalue weighted by molar-refractivity contribution is 5.29. The maximum Gasteiger partial charge on any atom is 0.165 e. The maximum atomic E-state index is 13.5. The van der Waals surface area contributed by atoms with E-state index in [2.05, 4.69) is 4.98 Å². The predicted octanol–water partition coefficient (Wildman–Crippen LogP) is 2.40. The maximum absolute atomic E-state index is 13.5. The Hall–Kier alpha value is -2.01. The Morgan fingerprint density at radius 1 is 1.11 bits per heavy atom. The van der Waals surface area contributed by atoms with Gasteiger partial charge in [0.2, 0.25) is 0 Å². The molecule has 0 aliphatic rings. The van der Waals surface area contributed by atoms with Gasteiger partial charge in [-0.2, -0.15) is 0 Å². The van der Waals surface area contributed by atoms with Crippen LogP contribution in [-0.2, 0) is 13.2 Å². The largest absolute Gasteiger partial charge is 0.486 e. The van der Waals surface area contributed by atoms with E-state index in [1.807, 2.05) is 0 Å². The minimum Gasteiger partial charge on any atom is -0.486 e. The van der Waals surface area contributed by atoms with Crippen molar-refractivity contribution in [2.24, 2.45) is 5.73 Å². The monoisotopic (exact) mass is 250 g/mol. The summed E-state index contributed by atoms with van der Waals surface area (Å²) in [7, 11) is 0. The van der Waals surface area contributed by atoms with Crippen molar-refractivity contribution in [1.82, 2.24) is 4.98 Å². The first-order valence-electron chi connectivity index (χ1n) is 5.40. The molecule has 0 bridgehead atoms. The Kier molecular flexibility index (Phi) is 3.84. The molecule has 3 nitrogen and oxygen atoms in total. The van der Waals surface area contributed by atoms with E-state index in [-0.39, 0.29) is 18.9 Å². The zero-order valence-electron chi connectivity index (χ0n) is 9.57. The van der Waals surface area contributed by atoms with Gasteiger partial charge in [0.05, 0.1) is 6.20 Å². The third kappa shape index (κ3) is 3.01. The van der Waals surface area contributed by atoms with Crippen LogP contribution in [-0.4, -0.2) is 4.98 Å². The second-order valence-electron chi connectivity index (χ2n) is 3.77. The molecule has 0 aliphatic heterocycles. The molecule has 0 aliphatic carbocycles. The molecule has 0 saturated carbocycles. The van der Waals surface area contributed by atoms with Gasteiger partial charge in [-0.1, -0.05) is 6.07 Å². The van der Waals surface area contributed by atoms with Crippen LogP contribution in [0.15, 0.2) is 36.7 Å². The van der Waals surface area contributed by atoms with Crippen molar-refractivity contribution in [3.63, 3.8) is 0 Å². The molecule has 18 heavy (non-hydrogen) atoms. The van der Waals surface area contributed by atoms with Gasteiger partial charge >= 0.3 is 0 Å². The Morgan fingerprint density at radius 3 is 2.61 bits per heavy atom. The van der Waals surface area contributed by atoms with Gasteiger partial charge in [0.1, 0.15) is 12.4 Å². The summed E-state index contributed by atoms with van der Waals surface area (Å²) in [5.41, 5.74) is 6.62. The van der Waals surface area contributed by atoms with Gasteiger partial charge in [0.25, 0.3) is 0 Å². The standard InChI is InChI=1S/C13H12F2N2O/c14-11-3-10(6-17-7-11)8-18-13-2-1-9(5-16)4-12(13)15/h1-4,6-7H,5,8,16H2. The first-order valence-corrected chi connectivity index (χ1v) is 5.40. The molecule has 0 atom stereocenters. The van der Waals surface area contributed by atoms with Crippen molar-refractivity contribution in [3.05, 3.63) is 59.4 Å². The third-order valence-electron chi connectivity index (χ3n) is 2.39. The fourth-order valence-electron chi connectivity index (χ4n) is 1.48. The third-order valence-corrected chi connectivity index (χ3v) is 2.39. The summed E-state index contributed by atoms with van der Waals surface area (Å²) in [5.74, 6) is -0.825. The summed E-state index contributed by atoms with van der Waals surface area (Å²) in [6.45, 7) is 0.328. The van der Waals surface area contributed by atoms with E-state index in [9.17, 15) is 8.78 Å². The first kappa shape index (κ1) is 12.4. The highest BCUT2D eigenvalue weighted by atomic mass is 19.1. The highest BCUT2D eigenvalue weighted by Crippen LogP contribution is 2.19. The van der Waals surface area contributed by atoms with Crippen LogP contribution in [0.1, 0.15) is 11.1 Å². The number of rotatable bonds is 4. The molecule has 0 saturated heterocycles. The Bertz CT molecular complexity index is 546. The molecule has 2 N–H and O–H groups in total. The van der Waals surface area contributed by atoms with Crippen LogP contribution in [0.5, 0.6) is 5.75 Å². The van der Waals surface area contributed by atoms with Crippen molar-refractivity contribution >= 4 is 0 Å². The van der Waals surface area contributed by atoms with Gasteiger partial charge in [-0.25, -0.2) is 8.78 Å². The first-order chi connectivity index (χ1) is 8.69. The lowest BCUT2D eigenvalue weighted by atomic mass is 10.2. The zero-order chi connectivity index (χ0) is 13.0. The summed E-state index contributed by atoms with van der Waals surface area (Å²) in [6.07, 6.45) is 2.56. The minimum atomic E-state index is -0.484. The van der Waals surface area contributed by atoms with Gasteiger partial charge in [-0.3, -0.25) is 4.98 Å². The Labute approximate surface area is 103 Å². The molecule has 0 unspecified atom stereocenters. The second-order valence-corrected chi connectivity index (χ2v) is 3.77. The predicted molar refractivity (Wildman–Crippen MR) is 62.8 cm³/mol. The van der Waals surface area contributed by atoms with E-state index in [0.717, 1.165) is 6.20 Å². The summed E-state index contributed by atoms with van der Waals surface area (Å²) in [6, 6.07) is 5.80. The number of nitrogens with zero attached hydrogens (tertiary/aromatic N) is 1. The number of ether oxygens (including phenoxy) is 1. The van der Waals surface area contributed by atoms with Gasteiger partial charge in [-0.05, 0) is 23.8 Å². The van der Waals surface area contributed by atoms with Crippen LogP contribution in [0.3, 0.4) is 0 Å². The summed E-state index contributed by atoms with van der Waals surface area (Å²) < 4.78 is 31.7. The van der Waals surface area contributed by atoms with Crippen LogP contribution in [0.4, 0.5) is 8.78 Å². The molecule has 0 spiro atoms. The van der Waals surface area contributed by atoms with Crippen molar-refractivity contribution in [1.29, 1.82) is 0 Å². The molecule has 1 aromatic carbocycles. The molecular formula is C13H12F2N2O. The molecule has 5 heteroatoms. The zero-order valence-corrected chi connectivity index (χ0v) is 9.57. The van der Waals surface area contributed by atoms with Crippen molar-refractivity contribution in [2.75, 3.05) is 0 Å². The van der Waals surface area contributed by atoms with Gasteiger partial charge < -0.3 is 10.5 Å². The number of pyridine rings is 1. The molecule has 2 aromatic rings. The molecule has 2 rings (SSSR count). The van der Waals surface area contributed by atoms with Crippen LogP contribution < -0.4 is 10.5 Å². The van der Waals surface area contributed by atoms with Gasteiger partial charge in [0, 0.05) is 18.3 Å². The normalized spacial score (nSPS) is 10.4. The van der Waals surface area contributed by atoms with E-state index in [1.165, 1.54) is 24.4 Å². The smallest absolute Gasteiger partial charge is 0.165 e. The molecule has 0 fully saturated rings. The number of hydrogen-bond donors (Lipinski definition) is 1.